The average Bonchev–Trinajstić information content (AvgIpc) is 2.77. The Morgan fingerprint density at radius 3 is 2.53 bits per heavy atom. The highest BCUT2D eigenvalue weighted by atomic mass is 32.1. The zero-order valence-corrected chi connectivity index (χ0v) is 11.9. The highest BCUT2D eigenvalue weighted by Gasteiger charge is 2.21. The van der Waals surface area contributed by atoms with Gasteiger partial charge in [-0.2, -0.15) is 0 Å². The van der Waals surface area contributed by atoms with Crippen LogP contribution in [0.5, 0.6) is 0 Å². The lowest BCUT2D eigenvalue weighted by molar-refractivity contribution is 0.419. The minimum Gasteiger partial charge on any atom is -0.271 e. The van der Waals surface area contributed by atoms with Crippen LogP contribution in [0.15, 0.2) is 29.8 Å². The fraction of sp³-hybridized carbons (Fsp3) is 0.400. The highest BCUT2D eigenvalue weighted by Crippen LogP contribution is 2.37. The molecule has 1 unspecified atom stereocenters. The van der Waals surface area contributed by atoms with Gasteiger partial charge in [-0.1, -0.05) is 30.7 Å². The summed E-state index contributed by atoms with van der Waals surface area (Å²) < 4.78 is 0. The lowest BCUT2D eigenvalue weighted by atomic mass is 9.80. The first-order valence-electron chi connectivity index (χ1n) is 6.75. The van der Waals surface area contributed by atoms with Crippen molar-refractivity contribution in [3.63, 3.8) is 0 Å². The zero-order chi connectivity index (χ0) is 13.2. The molecule has 1 saturated carbocycles. The van der Waals surface area contributed by atoms with Crippen LogP contribution in [0.25, 0.3) is 0 Å². The van der Waals surface area contributed by atoms with E-state index < -0.39 is 0 Å². The SMILES string of the molecule is Cc1ncsc1C(NN)c1ccc(C2CCC2)cc1. The summed E-state index contributed by atoms with van der Waals surface area (Å²) >= 11 is 1.65. The Balaban J connectivity index is 1.85. The van der Waals surface area contributed by atoms with Crippen LogP contribution in [-0.4, -0.2) is 4.98 Å². The Morgan fingerprint density at radius 2 is 2.05 bits per heavy atom. The van der Waals surface area contributed by atoms with Crippen molar-refractivity contribution in [2.24, 2.45) is 5.84 Å². The van der Waals surface area contributed by atoms with E-state index in [4.69, 9.17) is 5.84 Å². The first kappa shape index (κ1) is 12.8. The van der Waals surface area contributed by atoms with Crippen LogP contribution in [0.4, 0.5) is 0 Å². The third kappa shape index (κ3) is 2.43. The summed E-state index contributed by atoms with van der Waals surface area (Å²) in [7, 11) is 0. The number of nitrogens with two attached hydrogens (primary N) is 1. The standard InChI is InChI=1S/C15H19N3S/c1-10-15(19-9-17-10)14(18-16)13-7-5-12(6-8-13)11-3-2-4-11/h5-9,11,14,18H,2-4,16H2,1H3. The van der Waals surface area contributed by atoms with Crippen LogP contribution in [0.2, 0.25) is 0 Å². The predicted molar refractivity (Wildman–Crippen MR) is 79.1 cm³/mol. The lowest BCUT2D eigenvalue weighted by Gasteiger charge is -2.26. The van der Waals surface area contributed by atoms with Crippen LogP contribution in [0, 0.1) is 6.92 Å². The molecule has 0 saturated heterocycles. The van der Waals surface area contributed by atoms with Crippen molar-refractivity contribution in [2.45, 2.75) is 38.1 Å². The molecule has 0 radical (unpaired) electrons. The van der Waals surface area contributed by atoms with Crippen molar-refractivity contribution < 1.29 is 0 Å². The fourth-order valence-electron chi connectivity index (χ4n) is 2.61. The molecule has 1 atom stereocenters. The minimum atomic E-state index is 0.0444. The van der Waals surface area contributed by atoms with E-state index in [1.54, 1.807) is 11.3 Å². The van der Waals surface area contributed by atoms with Gasteiger partial charge in [0.05, 0.1) is 22.1 Å². The number of hydrogen-bond donors (Lipinski definition) is 2. The van der Waals surface area contributed by atoms with Crippen LogP contribution in [-0.2, 0) is 0 Å². The van der Waals surface area contributed by atoms with Gasteiger partial charge in [0, 0.05) is 0 Å². The molecule has 1 aliphatic rings. The summed E-state index contributed by atoms with van der Waals surface area (Å²) in [5.74, 6) is 6.51. The first-order chi connectivity index (χ1) is 9.29. The zero-order valence-electron chi connectivity index (χ0n) is 11.1. The van der Waals surface area contributed by atoms with Gasteiger partial charge in [0.2, 0.25) is 0 Å². The summed E-state index contributed by atoms with van der Waals surface area (Å²) in [5.41, 5.74) is 8.50. The number of nitrogens with zero attached hydrogens (tertiary/aromatic N) is 1. The molecule has 1 aromatic carbocycles. The van der Waals surface area contributed by atoms with Gasteiger partial charge in [-0.3, -0.25) is 5.84 Å². The number of aromatic nitrogens is 1. The molecular formula is C15H19N3S. The van der Waals surface area contributed by atoms with Crippen molar-refractivity contribution >= 4 is 11.3 Å². The van der Waals surface area contributed by atoms with Gasteiger partial charge in [0.25, 0.3) is 0 Å². The molecule has 3 N–H and O–H groups in total. The molecule has 1 heterocycles. The second-order valence-electron chi connectivity index (χ2n) is 5.20. The van der Waals surface area contributed by atoms with Crippen LogP contribution in [0.1, 0.15) is 52.9 Å². The largest absolute Gasteiger partial charge is 0.271 e. The van der Waals surface area contributed by atoms with Crippen molar-refractivity contribution in [3.8, 4) is 0 Å². The number of hydrazine groups is 1. The minimum absolute atomic E-state index is 0.0444. The topological polar surface area (TPSA) is 50.9 Å². The molecular weight excluding hydrogens is 254 g/mol. The summed E-state index contributed by atoms with van der Waals surface area (Å²) in [5, 5.41) is 0. The third-order valence-corrected chi connectivity index (χ3v) is 5.05. The molecule has 4 heteroatoms. The number of nitrogens with one attached hydrogen (secondary N) is 1. The second-order valence-corrected chi connectivity index (χ2v) is 6.08. The number of aryl methyl sites for hydroxylation is 1. The van der Waals surface area contributed by atoms with E-state index in [1.165, 1.54) is 35.3 Å². The quantitative estimate of drug-likeness (QED) is 0.664. The van der Waals surface area contributed by atoms with Crippen LogP contribution in [0.3, 0.4) is 0 Å². The molecule has 19 heavy (non-hydrogen) atoms. The van der Waals surface area contributed by atoms with Crippen molar-refractivity contribution in [1.29, 1.82) is 0 Å². The molecule has 1 aliphatic carbocycles. The molecule has 0 amide bonds. The smallest absolute Gasteiger partial charge is 0.0821 e. The third-order valence-electron chi connectivity index (χ3n) is 4.06. The molecule has 100 valence electrons. The molecule has 2 aromatic rings. The maximum absolute atomic E-state index is 5.73. The van der Waals surface area contributed by atoms with E-state index in [9.17, 15) is 0 Å². The van der Waals surface area contributed by atoms with E-state index >= 15 is 0 Å². The van der Waals surface area contributed by atoms with Crippen molar-refractivity contribution in [3.05, 3.63) is 51.5 Å². The molecule has 1 aromatic heterocycles. The van der Waals surface area contributed by atoms with E-state index in [0.29, 0.717) is 0 Å². The van der Waals surface area contributed by atoms with Gasteiger partial charge in [-0.25, -0.2) is 10.4 Å². The average molecular weight is 273 g/mol. The maximum atomic E-state index is 5.73. The van der Waals surface area contributed by atoms with E-state index in [0.717, 1.165) is 11.6 Å². The Bertz CT molecular complexity index is 543. The van der Waals surface area contributed by atoms with Gasteiger partial charge in [0.1, 0.15) is 0 Å². The van der Waals surface area contributed by atoms with Crippen LogP contribution < -0.4 is 11.3 Å². The Hall–Kier alpha value is -1.23. The molecule has 0 bridgehead atoms. The van der Waals surface area contributed by atoms with Gasteiger partial charge >= 0.3 is 0 Å². The van der Waals surface area contributed by atoms with E-state index in [-0.39, 0.29) is 6.04 Å². The Morgan fingerprint density at radius 1 is 1.32 bits per heavy atom. The van der Waals surface area contributed by atoms with Gasteiger partial charge in [-0.05, 0) is 36.8 Å². The van der Waals surface area contributed by atoms with Crippen LogP contribution >= 0.6 is 11.3 Å². The summed E-state index contributed by atoms with van der Waals surface area (Å²) in [4.78, 5) is 5.50. The monoisotopic (exact) mass is 273 g/mol. The number of hydrogen-bond acceptors (Lipinski definition) is 4. The predicted octanol–water partition coefficient (Wildman–Crippen LogP) is 3.27. The van der Waals surface area contributed by atoms with Gasteiger partial charge < -0.3 is 0 Å². The number of thiazole rings is 1. The molecule has 0 aliphatic heterocycles. The van der Waals surface area contributed by atoms with E-state index in [1.807, 2.05) is 12.4 Å². The lowest BCUT2D eigenvalue weighted by Crippen LogP contribution is -2.28. The van der Waals surface area contributed by atoms with Gasteiger partial charge in [-0.15, -0.1) is 11.3 Å². The molecule has 3 nitrogen and oxygen atoms in total. The summed E-state index contributed by atoms with van der Waals surface area (Å²) in [6.45, 7) is 2.03. The molecule has 1 fully saturated rings. The fourth-order valence-corrected chi connectivity index (χ4v) is 3.50. The first-order valence-corrected chi connectivity index (χ1v) is 7.63. The molecule has 3 rings (SSSR count). The summed E-state index contributed by atoms with van der Waals surface area (Å²) in [6.07, 6.45) is 4.05. The van der Waals surface area contributed by atoms with E-state index in [2.05, 4.69) is 34.7 Å². The maximum Gasteiger partial charge on any atom is 0.0821 e. The Labute approximate surface area is 117 Å². The highest BCUT2D eigenvalue weighted by molar-refractivity contribution is 7.09. The van der Waals surface area contributed by atoms with Crippen molar-refractivity contribution in [2.75, 3.05) is 0 Å². The Kier molecular flexibility index (Phi) is 3.64. The van der Waals surface area contributed by atoms with Gasteiger partial charge in [0.15, 0.2) is 0 Å². The number of rotatable bonds is 4. The number of benzene rings is 1. The normalized spacial score (nSPS) is 17.2. The molecule has 0 spiro atoms. The van der Waals surface area contributed by atoms with Crippen molar-refractivity contribution in [1.82, 2.24) is 10.4 Å². The summed E-state index contributed by atoms with van der Waals surface area (Å²) in [6, 6.07) is 8.93. The second kappa shape index (κ2) is 5.41.